The van der Waals surface area contributed by atoms with Crippen LogP contribution in [0.1, 0.15) is 15.2 Å². The third kappa shape index (κ3) is 1.34. The quantitative estimate of drug-likeness (QED) is 0.646. The topological polar surface area (TPSA) is 69.1 Å². The fourth-order valence-electron chi connectivity index (χ4n) is 0.617. The van der Waals surface area contributed by atoms with Crippen LogP contribution >= 0.6 is 11.3 Å². The highest BCUT2D eigenvalue weighted by molar-refractivity contribution is 7.10. The van der Waals surface area contributed by atoms with Crippen LogP contribution in [0.15, 0.2) is 11.4 Å². The Bertz CT molecular complexity index is 244. The summed E-state index contributed by atoms with van der Waals surface area (Å²) in [7, 11) is 0. The van der Waals surface area contributed by atoms with Crippen LogP contribution in [0, 0.1) is 0 Å². The van der Waals surface area contributed by atoms with E-state index in [1.165, 1.54) is 11.3 Å². The summed E-state index contributed by atoms with van der Waals surface area (Å²) in [6.45, 7) is 0.470. The molecule has 0 radical (unpaired) electrons. The van der Waals surface area contributed by atoms with Crippen LogP contribution in [0.5, 0.6) is 0 Å². The van der Waals surface area contributed by atoms with Crippen molar-refractivity contribution in [1.82, 2.24) is 0 Å². The number of carbonyl (C=O) groups excluding carboxylic acids is 1. The summed E-state index contributed by atoms with van der Waals surface area (Å²) in [5.74, 6) is -0.393. The lowest BCUT2D eigenvalue weighted by atomic mass is 10.3. The number of hydrogen-bond acceptors (Lipinski definition) is 3. The highest BCUT2D eigenvalue weighted by atomic mass is 32.1. The van der Waals surface area contributed by atoms with Gasteiger partial charge >= 0.3 is 0 Å². The number of carbonyl (C=O) groups is 1. The summed E-state index contributed by atoms with van der Waals surface area (Å²) < 4.78 is 0. The maximum atomic E-state index is 10.5. The van der Waals surface area contributed by atoms with Gasteiger partial charge in [-0.05, 0) is 6.07 Å². The molecule has 1 amide bonds. The van der Waals surface area contributed by atoms with E-state index in [0.717, 1.165) is 4.88 Å². The van der Waals surface area contributed by atoms with Gasteiger partial charge in [0.15, 0.2) is 0 Å². The summed E-state index contributed by atoms with van der Waals surface area (Å²) in [6.07, 6.45) is 0. The van der Waals surface area contributed by atoms with Crippen LogP contribution in [0.25, 0.3) is 0 Å². The van der Waals surface area contributed by atoms with E-state index < -0.39 is 5.91 Å². The van der Waals surface area contributed by atoms with Crippen LogP contribution in [0.2, 0.25) is 0 Å². The van der Waals surface area contributed by atoms with Crippen molar-refractivity contribution >= 4 is 17.2 Å². The van der Waals surface area contributed by atoms with Gasteiger partial charge in [-0.1, -0.05) is 0 Å². The molecule has 4 N–H and O–H groups in total. The van der Waals surface area contributed by atoms with Crippen LogP contribution in [0.4, 0.5) is 0 Å². The molecular weight excluding hydrogens is 148 g/mol. The summed E-state index contributed by atoms with van der Waals surface area (Å²) >= 11 is 1.45. The molecule has 0 aliphatic carbocycles. The molecule has 4 heteroatoms. The van der Waals surface area contributed by atoms with Crippen molar-refractivity contribution < 1.29 is 4.79 Å². The maximum Gasteiger partial charge on any atom is 0.249 e. The fourth-order valence-corrected chi connectivity index (χ4v) is 1.37. The summed E-state index contributed by atoms with van der Waals surface area (Å²) in [5, 5.41) is 1.71. The van der Waals surface area contributed by atoms with E-state index in [-0.39, 0.29) is 0 Å². The van der Waals surface area contributed by atoms with Crippen LogP contribution in [-0.2, 0) is 6.54 Å². The SMILES string of the molecule is NCc1cc(C(N)=O)cs1. The Kier molecular flexibility index (Phi) is 2.03. The molecule has 0 unspecified atom stereocenters. The van der Waals surface area contributed by atoms with Gasteiger partial charge in [0.05, 0.1) is 5.56 Å². The molecule has 0 saturated carbocycles. The van der Waals surface area contributed by atoms with Crippen molar-refractivity contribution in [3.05, 3.63) is 21.9 Å². The average Bonchev–Trinajstić information content (AvgIpc) is 2.34. The zero-order chi connectivity index (χ0) is 7.56. The number of primary amides is 1. The highest BCUT2D eigenvalue weighted by Gasteiger charge is 2.01. The normalized spacial score (nSPS) is 9.70. The second-order valence-corrected chi connectivity index (χ2v) is 2.87. The van der Waals surface area contributed by atoms with Crippen LogP contribution in [0.3, 0.4) is 0 Å². The van der Waals surface area contributed by atoms with Gasteiger partial charge in [-0.15, -0.1) is 11.3 Å². The molecule has 1 aromatic rings. The first-order valence-electron chi connectivity index (χ1n) is 2.81. The van der Waals surface area contributed by atoms with Crippen molar-refractivity contribution in [2.45, 2.75) is 6.54 Å². The molecule has 1 heterocycles. The average molecular weight is 156 g/mol. The number of amides is 1. The van der Waals surface area contributed by atoms with Crippen LogP contribution in [-0.4, -0.2) is 5.91 Å². The van der Waals surface area contributed by atoms with Crippen molar-refractivity contribution in [3.8, 4) is 0 Å². The second-order valence-electron chi connectivity index (χ2n) is 1.87. The highest BCUT2D eigenvalue weighted by Crippen LogP contribution is 2.12. The molecule has 0 aliphatic rings. The van der Waals surface area contributed by atoms with Gasteiger partial charge in [0.2, 0.25) is 5.91 Å². The fraction of sp³-hybridized carbons (Fsp3) is 0.167. The zero-order valence-electron chi connectivity index (χ0n) is 5.33. The lowest BCUT2D eigenvalue weighted by Crippen LogP contribution is -2.09. The Morgan fingerprint density at radius 3 is 2.70 bits per heavy atom. The second kappa shape index (κ2) is 2.81. The molecule has 1 aromatic heterocycles. The predicted molar refractivity (Wildman–Crippen MR) is 40.7 cm³/mol. The Morgan fingerprint density at radius 1 is 1.70 bits per heavy atom. The molecule has 0 aliphatic heterocycles. The smallest absolute Gasteiger partial charge is 0.249 e. The maximum absolute atomic E-state index is 10.5. The molecule has 10 heavy (non-hydrogen) atoms. The molecule has 0 aromatic carbocycles. The molecule has 0 spiro atoms. The van der Waals surface area contributed by atoms with Gasteiger partial charge in [0, 0.05) is 16.8 Å². The monoisotopic (exact) mass is 156 g/mol. The minimum Gasteiger partial charge on any atom is -0.366 e. The van der Waals surface area contributed by atoms with Gasteiger partial charge in [0.25, 0.3) is 0 Å². The van der Waals surface area contributed by atoms with Gasteiger partial charge < -0.3 is 11.5 Å². The Balaban J connectivity index is 2.88. The molecule has 1 rings (SSSR count). The van der Waals surface area contributed by atoms with E-state index in [1.807, 2.05) is 0 Å². The van der Waals surface area contributed by atoms with Crippen molar-refractivity contribution in [2.75, 3.05) is 0 Å². The third-order valence-corrected chi connectivity index (χ3v) is 2.10. The Morgan fingerprint density at radius 2 is 2.40 bits per heavy atom. The number of thiophene rings is 1. The van der Waals surface area contributed by atoms with Crippen molar-refractivity contribution in [2.24, 2.45) is 11.5 Å². The largest absolute Gasteiger partial charge is 0.366 e. The van der Waals surface area contributed by atoms with E-state index in [2.05, 4.69) is 0 Å². The molecular formula is C6H8N2OS. The molecule has 0 atom stereocenters. The molecule has 3 nitrogen and oxygen atoms in total. The van der Waals surface area contributed by atoms with E-state index in [0.29, 0.717) is 12.1 Å². The third-order valence-electron chi connectivity index (χ3n) is 1.14. The van der Waals surface area contributed by atoms with Gasteiger partial charge in [-0.2, -0.15) is 0 Å². The van der Waals surface area contributed by atoms with E-state index in [4.69, 9.17) is 11.5 Å². The number of rotatable bonds is 2. The summed E-state index contributed by atoms with van der Waals surface area (Å²) in [4.78, 5) is 11.5. The summed E-state index contributed by atoms with van der Waals surface area (Å²) in [6, 6.07) is 1.72. The predicted octanol–water partition coefficient (Wildman–Crippen LogP) is 0.306. The lowest BCUT2D eigenvalue weighted by Gasteiger charge is -1.84. The number of nitrogens with two attached hydrogens (primary N) is 2. The standard InChI is InChI=1S/C6H8N2OS/c7-2-5-1-4(3-10-5)6(8)9/h1,3H,2,7H2,(H2,8,9). The van der Waals surface area contributed by atoms with E-state index in [1.54, 1.807) is 11.4 Å². The number of hydrogen-bond donors (Lipinski definition) is 2. The van der Waals surface area contributed by atoms with Gasteiger partial charge in [0.1, 0.15) is 0 Å². The van der Waals surface area contributed by atoms with Crippen molar-refractivity contribution in [1.29, 1.82) is 0 Å². The first kappa shape index (κ1) is 7.24. The molecule has 0 saturated heterocycles. The minimum absolute atomic E-state index is 0.393. The Hall–Kier alpha value is -0.870. The molecule has 0 fully saturated rings. The first-order chi connectivity index (χ1) is 4.74. The van der Waals surface area contributed by atoms with E-state index in [9.17, 15) is 4.79 Å². The lowest BCUT2D eigenvalue weighted by molar-refractivity contribution is 0.100. The molecule has 54 valence electrons. The van der Waals surface area contributed by atoms with Gasteiger partial charge in [-0.25, -0.2) is 0 Å². The summed E-state index contributed by atoms with van der Waals surface area (Å²) in [5.41, 5.74) is 10.9. The zero-order valence-corrected chi connectivity index (χ0v) is 6.15. The van der Waals surface area contributed by atoms with Crippen molar-refractivity contribution in [3.63, 3.8) is 0 Å². The van der Waals surface area contributed by atoms with Crippen LogP contribution < -0.4 is 11.5 Å². The minimum atomic E-state index is -0.393. The first-order valence-corrected chi connectivity index (χ1v) is 3.69. The molecule has 0 bridgehead atoms. The Labute approximate surface area is 62.6 Å². The van der Waals surface area contributed by atoms with Gasteiger partial charge in [-0.3, -0.25) is 4.79 Å². The van der Waals surface area contributed by atoms with E-state index >= 15 is 0 Å².